The summed E-state index contributed by atoms with van der Waals surface area (Å²) >= 11 is 0. The monoisotopic (exact) mass is 208 g/mol. The summed E-state index contributed by atoms with van der Waals surface area (Å²) in [4.78, 5) is 11.2. The Morgan fingerprint density at radius 3 is 2.13 bits per heavy atom. The molecule has 1 heterocycles. The van der Waals surface area contributed by atoms with Crippen LogP contribution in [0.4, 0.5) is 0 Å². The fraction of sp³-hybridized carbons (Fsp3) is 0.727. The minimum atomic E-state index is -0.332. The lowest BCUT2D eigenvalue weighted by molar-refractivity contribution is -0.117. The molecule has 0 aromatic heterocycles. The Morgan fingerprint density at radius 2 is 1.73 bits per heavy atom. The second-order valence-electron chi connectivity index (χ2n) is 5.29. The minimum absolute atomic E-state index is 0.250. The lowest BCUT2D eigenvalue weighted by Gasteiger charge is -2.32. The third-order valence-electron chi connectivity index (χ3n) is 3.55. The Kier molecular flexibility index (Phi) is 2.32. The molecule has 0 spiro atoms. The van der Waals surface area contributed by atoms with Crippen LogP contribution in [0.5, 0.6) is 0 Å². The lowest BCUT2D eigenvalue weighted by atomic mass is 9.78. The molecule has 82 valence electrons. The predicted octanol–water partition coefficient (Wildman–Crippen LogP) is 1.91. The van der Waals surface area contributed by atoms with Gasteiger partial charge in [-0.25, -0.2) is 0 Å². The maximum atomic E-state index is 11.2. The van der Waals surface area contributed by atoms with Crippen molar-refractivity contribution >= 4 is 12.9 Å². The molecule has 2 rings (SSSR count). The van der Waals surface area contributed by atoms with E-state index in [-0.39, 0.29) is 24.1 Å². The van der Waals surface area contributed by atoms with Crippen molar-refractivity contribution in [3.05, 3.63) is 11.5 Å². The van der Waals surface area contributed by atoms with Crippen LogP contribution >= 0.6 is 0 Å². The van der Waals surface area contributed by atoms with E-state index in [1.165, 1.54) is 0 Å². The van der Waals surface area contributed by atoms with E-state index < -0.39 is 0 Å². The molecular weight excluding hydrogens is 191 g/mol. The van der Waals surface area contributed by atoms with Gasteiger partial charge in [-0.05, 0) is 33.2 Å². The highest BCUT2D eigenvalue weighted by atomic mass is 16.7. The number of allylic oxidation sites excluding steroid dienone is 2. The molecule has 0 amide bonds. The Balaban J connectivity index is 2.13. The average molecular weight is 208 g/mol. The van der Waals surface area contributed by atoms with Gasteiger partial charge in [0, 0.05) is 12.8 Å². The van der Waals surface area contributed by atoms with Crippen LogP contribution in [0.3, 0.4) is 0 Å². The van der Waals surface area contributed by atoms with Crippen LogP contribution in [-0.2, 0) is 14.1 Å². The quantitative estimate of drug-likeness (QED) is 0.617. The van der Waals surface area contributed by atoms with Crippen molar-refractivity contribution in [3.8, 4) is 0 Å². The summed E-state index contributed by atoms with van der Waals surface area (Å²) in [7, 11) is -0.332. The predicted molar refractivity (Wildman–Crippen MR) is 58.4 cm³/mol. The van der Waals surface area contributed by atoms with Crippen LogP contribution < -0.4 is 0 Å². The molecule has 1 saturated heterocycles. The smallest absolute Gasteiger partial charge is 0.400 e. The highest BCUT2D eigenvalue weighted by Gasteiger charge is 2.52. The number of hydrogen-bond acceptors (Lipinski definition) is 3. The molecule has 0 saturated carbocycles. The van der Waals surface area contributed by atoms with Gasteiger partial charge in [-0.2, -0.15) is 0 Å². The van der Waals surface area contributed by atoms with Gasteiger partial charge < -0.3 is 9.31 Å². The van der Waals surface area contributed by atoms with Crippen LogP contribution in [0, 0.1) is 0 Å². The van der Waals surface area contributed by atoms with E-state index >= 15 is 0 Å². The van der Waals surface area contributed by atoms with Gasteiger partial charge in [0.05, 0.1) is 11.2 Å². The van der Waals surface area contributed by atoms with Crippen molar-refractivity contribution in [1.29, 1.82) is 0 Å². The Labute approximate surface area is 91.0 Å². The first-order valence-corrected chi connectivity index (χ1v) is 5.38. The molecule has 0 radical (unpaired) electrons. The van der Waals surface area contributed by atoms with Crippen LogP contribution in [0.2, 0.25) is 0 Å². The second-order valence-corrected chi connectivity index (χ2v) is 5.29. The van der Waals surface area contributed by atoms with Gasteiger partial charge in [0.1, 0.15) is 5.78 Å². The lowest BCUT2D eigenvalue weighted by Crippen LogP contribution is -2.41. The van der Waals surface area contributed by atoms with Gasteiger partial charge in [-0.15, -0.1) is 0 Å². The largest absolute Gasteiger partial charge is 0.490 e. The van der Waals surface area contributed by atoms with Gasteiger partial charge in [-0.1, -0.05) is 6.08 Å². The second kappa shape index (κ2) is 3.19. The zero-order valence-electron chi connectivity index (χ0n) is 9.79. The molecule has 0 unspecified atom stereocenters. The maximum absolute atomic E-state index is 11.2. The Bertz CT molecular complexity index is 315. The molecule has 0 N–H and O–H groups in total. The number of carbonyl (C=O) groups excluding carboxylic acids is 1. The highest BCUT2D eigenvalue weighted by Crippen LogP contribution is 2.39. The van der Waals surface area contributed by atoms with E-state index in [0.717, 1.165) is 5.47 Å². The molecule has 4 heteroatoms. The van der Waals surface area contributed by atoms with Crippen LogP contribution in [0.15, 0.2) is 11.5 Å². The summed E-state index contributed by atoms with van der Waals surface area (Å²) in [5, 5.41) is 0. The van der Waals surface area contributed by atoms with E-state index in [1.807, 2.05) is 33.8 Å². The molecule has 1 aliphatic carbocycles. The number of ketones is 1. The molecular formula is C11H17BO3. The number of hydrogen-bond donors (Lipinski definition) is 0. The summed E-state index contributed by atoms with van der Waals surface area (Å²) in [5.74, 6) is 0.250. The van der Waals surface area contributed by atoms with E-state index in [0.29, 0.717) is 12.8 Å². The van der Waals surface area contributed by atoms with Crippen molar-refractivity contribution in [1.82, 2.24) is 0 Å². The van der Waals surface area contributed by atoms with E-state index in [2.05, 4.69) is 0 Å². The van der Waals surface area contributed by atoms with E-state index in [9.17, 15) is 4.79 Å². The van der Waals surface area contributed by atoms with Crippen LogP contribution in [-0.4, -0.2) is 24.1 Å². The first-order chi connectivity index (χ1) is 6.82. The molecule has 2 aliphatic rings. The van der Waals surface area contributed by atoms with Crippen LogP contribution in [0.25, 0.3) is 0 Å². The standard InChI is InChI=1S/C11H17BO3/c1-10(2)11(3,4)15-12(14-10)8-5-6-9(13)7-8/h5H,6-7H2,1-4H3. The summed E-state index contributed by atoms with van der Waals surface area (Å²) < 4.78 is 11.7. The molecule has 3 nitrogen and oxygen atoms in total. The SMILES string of the molecule is CC1(C)OB(C2=CCC(=O)C2)OC1(C)C. The summed E-state index contributed by atoms with van der Waals surface area (Å²) in [6.45, 7) is 8.07. The molecule has 0 aromatic carbocycles. The van der Waals surface area contributed by atoms with Crippen molar-refractivity contribution in [2.24, 2.45) is 0 Å². The Hall–Kier alpha value is -0.605. The summed E-state index contributed by atoms with van der Waals surface area (Å²) in [6, 6.07) is 0. The molecule has 1 fully saturated rings. The normalized spacial score (nSPS) is 28.4. The van der Waals surface area contributed by atoms with E-state index in [4.69, 9.17) is 9.31 Å². The zero-order valence-corrected chi connectivity index (χ0v) is 9.79. The Morgan fingerprint density at radius 1 is 1.20 bits per heavy atom. The molecule has 15 heavy (non-hydrogen) atoms. The molecule has 0 bridgehead atoms. The first-order valence-electron chi connectivity index (χ1n) is 5.38. The molecule has 0 atom stereocenters. The molecule has 1 aliphatic heterocycles. The van der Waals surface area contributed by atoms with E-state index in [1.54, 1.807) is 0 Å². The van der Waals surface area contributed by atoms with Crippen LogP contribution in [0.1, 0.15) is 40.5 Å². The van der Waals surface area contributed by atoms with Gasteiger partial charge in [0.15, 0.2) is 0 Å². The van der Waals surface area contributed by atoms with Crippen molar-refractivity contribution in [2.45, 2.75) is 51.7 Å². The summed E-state index contributed by atoms with van der Waals surface area (Å²) in [6.07, 6.45) is 2.95. The van der Waals surface area contributed by atoms with Gasteiger partial charge >= 0.3 is 7.12 Å². The topological polar surface area (TPSA) is 35.5 Å². The third kappa shape index (κ3) is 1.76. The number of carbonyl (C=O) groups is 1. The zero-order chi connectivity index (χ0) is 11.3. The number of rotatable bonds is 1. The fourth-order valence-electron chi connectivity index (χ4n) is 1.79. The van der Waals surface area contributed by atoms with Gasteiger partial charge in [0.25, 0.3) is 0 Å². The number of Topliss-reactive ketones (excluding diaryl/α,β-unsaturated/α-hetero) is 1. The molecule has 0 aromatic rings. The van der Waals surface area contributed by atoms with Crippen molar-refractivity contribution in [3.63, 3.8) is 0 Å². The first kappa shape index (κ1) is 10.9. The minimum Gasteiger partial charge on any atom is -0.400 e. The maximum Gasteiger partial charge on any atom is 0.490 e. The van der Waals surface area contributed by atoms with Crippen molar-refractivity contribution < 1.29 is 14.1 Å². The van der Waals surface area contributed by atoms with Gasteiger partial charge in [-0.3, -0.25) is 4.79 Å². The van der Waals surface area contributed by atoms with Crippen molar-refractivity contribution in [2.75, 3.05) is 0 Å². The third-order valence-corrected chi connectivity index (χ3v) is 3.55. The highest BCUT2D eigenvalue weighted by molar-refractivity contribution is 6.55. The van der Waals surface area contributed by atoms with Gasteiger partial charge in [0.2, 0.25) is 0 Å². The fourth-order valence-corrected chi connectivity index (χ4v) is 1.79. The summed E-state index contributed by atoms with van der Waals surface area (Å²) in [5.41, 5.74) is 0.354. The average Bonchev–Trinajstić information content (AvgIpc) is 2.56.